The largest absolute Gasteiger partial charge is 0.343 e. The third-order valence-corrected chi connectivity index (χ3v) is 6.09. The van der Waals surface area contributed by atoms with Crippen molar-refractivity contribution in [3.05, 3.63) is 86.7 Å². The van der Waals surface area contributed by atoms with E-state index in [9.17, 15) is 9.59 Å². The maximum absolute atomic E-state index is 13.2. The number of benzene rings is 2. The number of hydrogen-bond acceptors (Lipinski definition) is 2. The number of ketones is 1. The highest BCUT2D eigenvalue weighted by molar-refractivity contribution is 6.47. The Balaban J connectivity index is 1.67. The van der Waals surface area contributed by atoms with E-state index in [4.69, 9.17) is 23.2 Å². The Morgan fingerprint density at radius 2 is 1.73 bits per heavy atom. The first-order valence-electron chi connectivity index (χ1n) is 10.0. The van der Waals surface area contributed by atoms with Gasteiger partial charge in [-0.15, -0.1) is 0 Å². The average molecular weight is 441 g/mol. The van der Waals surface area contributed by atoms with Crippen LogP contribution in [-0.2, 0) is 24.2 Å². The number of hydrogen-bond donors (Lipinski definition) is 1. The van der Waals surface area contributed by atoms with Crippen LogP contribution in [0.3, 0.4) is 0 Å². The molecular weight excluding hydrogens is 419 g/mol. The summed E-state index contributed by atoms with van der Waals surface area (Å²) in [7, 11) is 0. The Hall–Kier alpha value is -2.56. The molecule has 1 aromatic heterocycles. The zero-order valence-electron chi connectivity index (χ0n) is 16.7. The highest BCUT2D eigenvalue weighted by Gasteiger charge is 2.30. The number of anilines is 1. The van der Waals surface area contributed by atoms with Crippen molar-refractivity contribution in [2.24, 2.45) is 0 Å². The smallest absolute Gasteiger partial charge is 0.296 e. The van der Waals surface area contributed by atoms with Crippen molar-refractivity contribution in [2.75, 3.05) is 5.32 Å². The summed E-state index contributed by atoms with van der Waals surface area (Å²) in [6, 6.07) is 14.5. The third kappa shape index (κ3) is 4.16. The molecule has 0 atom stereocenters. The fraction of sp³-hybridized carbons (Fsp3) is 0.250. The van der Waals surface area contributed by atoms with Crippen LogP contribution in [0.15, 0.2) is 48.5 Å². The topological polar surface area (TPSA) is 51.1 Å². The first-order valence-corrected chi connectivity index (χ1v) is 10.8. The van der Waals surface area contributed by atoms with Crippen molar-refractivity contribution in [2.45, 2.75) is 39.2 Å². The Bertz CT molecular complexity index is 1120. The van der Waals surface area contributed by atoms with Gasteiger partial charge >= 0.3 is 0 Å². The monoisotopic (exact) mass is 440 g/mol. The second-order valence-electron chi connectivity index (χ2n) is 7.60. The molecule has 0 radical (unpaired) electrons. The zero-order valence-corrected chi connectivity index (χ0v) is 18.2. The SMILES string of the molecule is Cc1c(C(=O)C(=O)Nc2cccc(Cl)c2)c2c(n1Cc1ccc(Cl)cc1)CCCC2. The third-order valence-electron chi connectivity index (χ3n) is 5.60. The molecule has 0 unspecified atom stereocenters. The summed E-state index contributed by atoms with van der Waals surface area (Å²) in [5.74, 6) is -1.14. The van der Waals surface area contributed by atoms with E-state index < -0.39 is 11.7 Å². The van der Waals surface area contributed by atoms with Crippen molar-refractivity contribution in [1.82, 2.24) is 4.57 Å². The van der Waals surface area contributed by atoms with Crippen LogP contribution in [0.25, 0.3) is 0 Å². The van der Waals surface area contributed by atoms with Crippen LogP contribution < -0.4 is 5.32 Å². The van der Waals surface area contributed by atoms with Crippen LogP contribution in [0.1, 0.15) is 45.7 Å². The van der Waals surface area contributed by atoms with Crippen molar-refractivity contribution < 1.29 is 9.59 Å². The lowest BCUT2D eigenvalue weighted by atomic mass is 9.92. The number of halogens is 2. The second-order valence-corrected chi connectivity index (χ2v) is 8.47. The molecule has 30 heavy (non-hydrogen) atoms. The molecule has 0 saturated heterocycles. The lowest BCUT2D eigenvalue weighted by molar-refractivity contribution is -0.112. The maximum atomic E-state index is 13.2. The number of nitrogens with zero attached hydrogens (tertiary/aromatic N) is 1. The molecule has 3 aromatic rings. The summed E-state index contributed by atoms with van der Waals surface area (Å²) in [6.07, 6.45) is 3.83. The van der Waals surface area contributed by atoms with Crippen LogP contribution in [-0.4, -0.2) is 16.3 Å². The molecule has 2 aromatic carbocycles. The molecule has 1 aliphatic carbocycles. The Morgan fingerprint density at radius 1 is 1.00 bits per heavy atom. The van der Waals surface area contributed by atoms with Gasteiger partial charge in [0.1, 0.15) is 0 Å². The normalized spacial score (nSPS) is 13.0. The fourth-order valence-corrected chi connectivity index (χ4v) is 4.48. The second kappa shape index (κ2) is 8.66. The number of Topliss-reactive ketones (excluding diaryl/α,β-unsaturated/α-hetero) is 1. The minimum Gasteiger partial charge on any atom is -0.343 e. The van der Waals surface area contributed by atoms with Gasteiger partial charge in [-0.05, 0) is 74.1 Å². The predicted octanol–water partition coefficient (Wildman–Crippen LogP) is 5.85. The fourth-order valence-electron chi connectivity index (χ4n) is 4.17. The molecular formula is C24H22Cl2N2O2. The molecule has 154 valence electrons. The van der Waals surface area contributed by atoms with E-state index in [-0.39, 0.29) is 0 Å². The number of nitrogens with one attached hydrogen (secondary N) is 1. The van der Waals surface area contributed by atoms with E-state index in [0.29, 0.717) is 27.8 Å². The van der Waals surface area contributed by atoms with Crippen LogP contribution in [0, 0.1) is 6.92 Å². The standard InChI is InChI=1S/C24H22Cl2N2O2/c1-15-22(23(29)24(30)27-19-6-4-5-18(26)13-19)20-7-2-3-8-21(20)28(15)14-16-9-11-17(25)12-10-16/h4-6,9-13H,2-3,7-8,14H2,1H3,(H,27,30). The van der Waals surface area contributed by atoms with Gasteiger partial charge in [-0.25, -0.2) is 0 Å². The molecule has 1 N–H and O–H groups in total. The minimum absolute atomic E-state index is 0.500. The van der Waals surface area contributed by atoms with Gasteiger partial charge in [0, 0.05) is 33.7 Å². The van der Waals surface area contributed by atoms with E-state index in [1.807, 2.05) is 31.2 Å². The van der Waals surface area contributed by atoms with Gasteiger partial charge in [0.05, 0.1) is 5.56 Å². The molecule has 0 bridgehead atoms. The number of amides is 1. The highest BCUT2D eigenvalue weighted by Crippen LogP contribution is 2.31. The van der Waals surface area contributed by atoms with Crippen molar-refractivity contribution in [1.29, 1.82) is 0 Å². The molecule has 6 heteroatoms. The van der Waals surface area contributed by atoms with Crippen LogP contribution in [0.4, 0.5) is 5.69 Å². The maximum Gasteiger partial charge on any atom is 0.296 e. The number of carbonyl (C=O) groups excluding carboxylic acids is 2. The average Bonchev–Trinajstić information content (AvgIpc) is 3.00. The number of rotatable bonds is 5. The quantitative estimate of drug-likeness (QED) is 0.399. The summed E-state index contributed by atoms with van der Waals surface area (Å²) in [6.45, 7) is 2.57. The summed E-state index contributed by atoms with van der Waals surface area (Å²) in [5.41, 5.74) is 5.16. The predicted molar refractivity (Wildman–Crippen MR) is 121 cm³/mol. The summed E-state index contributed by atoms with van der Waals surface area (Å²) < 4.78 is 2.18. The molecule has 4 nitrogen and oxygen atoms in total. The molecule has 0 saturated carbocycles. The molecule has 4 rings (SSSR count). The van der Waals surface area contributed by atoms with Gasteiger partial charge in [0.25, 0.3) is 11.7 Å². The summed E-state index contributed by atoms with van der Waals surface area (Å²) in [5, 5.41) is 3.88. The molecule has 0 aliphatic heterocycles. The zero-order chi connectivity index (χ0) is 21.3. The van der Waals surface area contributed by atoms with E-state index in [1.54, 1.807) is 24.3 Å². The molecule has 1 amide bonds. The van der Waals surface area contributed by atoms with E-state index in [0.717, 1.165) is 48.2 Å². The van der Waals surface area contributed by atoms with Gasteiger partial charge in [-0.3, -0.25) is 9.59 Å². The van der Waals surface area contributed by atoms with Gasteiger partial charge in [-0.1, -0.05) is 41.4 Å². The molecule has 1 heterocycles. The number of carbonyl (C=O) groups is 2. The molecule has 1 aliphatic rings. The van der Waals surface area contributed by atoms with Gasteiger partial charge in [0.2, 0.25) is 0 Å². The van der Waals surface area contributed by atoms with Gasteiger partial charge in [-0.2, -0.15) is 0 Å². The van der Waals surface area contributed by atoms with Crippen molar-refractivity contribution in [3.63, 3.8) is 0 Å². The first-order chi connectivity index (χ1) is 14.4. The van der Waals surface area contributed by atoms with Crippen LogP contribution in [0.5, 0.6) is 0 Å². The number of fused-ring (bicyclic) bond motifs is 1. The van der Waals surface area contributed by atoms with Crippen molar-refractivity contribution >= 4 is 40.6 Å². The summed E-state index contributed by atoms with van der Waals surface area (Å²) in [4.78, 5) is 25.9. The van der Waals surface area contributed by atoms with E-state index in [1.165, 1.54) is 0 Å². The lowest BCUT2D eigenvalue weighted by Gasteiger charge is -2.16. The highest BCUT2D eigenvalue weighted by atomic mass is 35.5. The van der Waals surface area contributed by atoms with Crippen molar-refractivity contribution in [3.8, 4) is 0 Å². The van der Waals surface area contributed by atoms with Crippen LogP contribution >= 0.6 is 23.2 Å². The Kier molecular flexibility index (Phi) is 5.98. The van der Waals surface area contributed by atoms with Crippen LogP contribution in [0.2, 0.25) is 10.0 Å². The van der Waals surface area contributed by atoms with Gasteiger partial charge in [0.15, 0.2) is 0 Å². The minimum atomic E-state index is -0.641. The number of aromatic nitrogens is 1. The summed E-state index contributed by atoms with van der Waals surface area (Å²) >= 11 is 12.0. The Labute approximate surface area is 185 Å². The molecule has 0 fully saturated rings. The Morgan fingerprint density at radius 3 is 2.47 bits per heavy atom. The van der Waals surface area contributed by atoms with Gasteiger partial charge < -0.3 is 9.88 Å². The van der Waals surface area contributed by atoms with E-state index >= 15 is 0 Å². The first kappa shape index (κ1) is 20.7. The lowest BCUT2D eigenvalue weighted by Crippen LogP contribution is -2.24. The van der Waals surface area contributed by atoms with E-state index in [2.05, 4.69) is 9.88 Å². The molecule has 0 spiro atoms.